The Morgan fingerprint density at radius 3 is 2.62 bits per heavy atom. The van der Waals surface area contributed by atoms with Crippen LogP contribution in [0.5, 0.6) is 5.75 Å². The molecular formula is C8H6BrF3N2OS. The van der Waals surface area contributed by atoms with Gasteiger partial charge < -0.3 is 15.8 Å². The highest BCUT2D eigenvalue weighted by molar-refractivity contribution is 9.10. The van der Waals surface area contributed by atoms with Crippen LogP contribution in [-0.2, 0) is 0 Å². The number of halogens is 4. The average Bonchev–Trinajstić information content (AvgIpc) is 2.16. The molecule has 0 aliphatic heterocycles. The molecule has 1 aromatic carbocycles. The van der Waals surface area contributed by atoms with Crippen LogP contribution in [0.15, 0.2) is 16.6 Å². The van der Waals surface area contributed by atoms with E-state index in [1.165, 1.54) is 6.07 Å². The first-order valence-electron chi connectivity index (χ1n) is 3.91. The van der Waals surface area contributed by atoms with Crippen molar-refractivity contribution in [2.24, 2.45) is 5.73 Å². The number of benzene rings is 1. The number of hydrogen-bond acceptors (Lipinski definition) is 2. The molecule has 0 spiro atoms. The van der Waals surface area contributed by atoms with E-state index >= 15 is 0 Å². The van der Waals surface area contributed by atoms with Crippen molar-refractivity contribution in [3.8, 4) is 5.75 Å². The number of alkyl halides is 2. The zero-order chi connectivity index (χ0) is 12.3. The summed E-state index contributed by atoms with van der Waals surface area (Å²) >= 11 is 7.33. The maximum atomic E-state index is 13.1. The summed E-state index contributed by atoms with van der Waals surface area (Å²) in [5.74, 6) is -1.12. The van der Waals surface area contributed by atoms with Crippen molar-refractivity contribution in [2.75, 3.05) is 5.32 Å². The monoisotopic (exact) mass is 314 g/mol. The van der Waals surface area contributed by atoms with Crippen LogP contribution in [0, 0.1) is 5.82 Å². The van der Waals surface area contributed by atoms with E-state index in [2.05, 4.69) is 38.2 Å². The SMILES string of the molecule is NC(=S)Nc1ccc(F)c(Br)c1OC(F)F. The summed E-state index contributed by atoms with van der Waals surface area (Å²) in [6.45, 7) is -3.08. The standard InChI is InChI=1S/C8H6BrF3N2OS/c9-5-3(10)1-2-4(14-8(13)16)6(5)15-7(11)12/h1-2,7H,(H3,13,14,16). The number of nitrogens with one attached hydrogen (secondary N) is 1. The summed E-state index contributed by atoms with van der Waals surface area (Å²) < 4.78 is 41.2. The van der Waals surface area contributed by atoms with Crippen molar-refractivity contribution in [3.63, 3.8) is 0 Å². The van der Waals surface area contributed by atoms with Gasteiger partial charge in [-0.25, -0.2) is 4.39 Å². The first-order valence-corrected chi connectivity index (χ1v) is 5.11. The Kier molecular flexibility index (Phi) is 4.36. The van der Waals surface area contributed by atoms with Crippen LogP contribution in [0.4, 0.5) is 18.9 Å². The quantitative estimate of drug-likeness (QED) is 0.842. The molecule has 1 aromatic rings. The van der Waals surface area contributed by atoms with Gasteiger partial charge in [-0.3, -0.25) is 0 Å². The second-order valence-electron chi connectivity index (χ2n) is 2.61. The lowest BCUT2D eigenvalue weighted by Crippen LogP contribution is -2.20. The smallest absolute Gasteiger partial charge is 0.387 e. The molecule has 0 saturated heterocycles. The molecule has 0 fully saturated rings. The fourth-order valence-corrected chi connectivity index (χ4v) is 1.52. The summed E-state index contributed by atoms with van der Waals surface area (Å²) in [6.07, 6.45) is 0. The highest BCUT2D eigenvalue weighted by Gasteiger charge is 2.17. The summed E-state index contributed by atoms with van der Waals surface area (Å²) in [4.78, 5) is 0. The maximum Gasteiger partial charge on any atom is 0.387 e. The lowest BCUT2D eigenvalue weighted by atomic mass is 10.3. The second kappa shape index (κ2) is 5.35. The van der Waals surface area contributed by atoms with Gasteiger partial charge in [0.1, 0.15) is 5.82 Å². The molecule has 88 valence electrons. The number of nitrogens with two attached hydrogens (primary N) is 1. The van der Waals surface area contributed by atoms with E-state index in [1.54, 1.807) is 0 Å². The van der Waals surface area contributed by atoms with Gasteiger partial charge in [0.2, 0.25) is 0 Å². The van der Waals surface area contributed by atoms with Crippen LogP contribution in [0.1, 0.15) is 0 Å². The van der Waals surface area contributed by atoms with Crippen LogP contribution in [0.2, 0.25) is 0 Å². The Morgan fingerprint density at radius 1 is 1.50 bits per heavy atom. The molecule has 8 heteroatoms. The van der Waals surface area contributed by atoms with Gasteiger partial charge >= 0.3 is 6.61 Å². The molecule has 3 nitrogen and oxygen atoms in total. The Labute approximate surface area is 103 Å². The third-order valence-electron chi connectivity index (χ3n) is 1.51. The molecule has 1 rings (SSSR count). The lowest BCUT2D eigenvalue weighted by Gasteiger charge is -2.13. The molecule has 0 atom stereocenters. The topological polar surface area (TPSA) is 47.3 Å². The third-order valence-corrected chi connectivity index (χ3v) is 2.36. The van der Waals surface area contributed by atoms with Crippen LogP contribution < -0.4 is 15.8 Å². The predicted molar refractivity (Wildman–Crippen MR) is 61.1 cm³/mol. The summed E-state index contributed by atoms with van der Waals surface area (Å²) in [5, 5.41) is 2.26. The van der Waals surface area contributed by atoms with E-state index in [0.29, 0.717) is 0 Å². The van der Waals surface area contributed by atoms with Crippen molar-refractivity contribution in [1.82, 2.24) is 0 Å². The van der Waals surface area contributed by atoms with Crippen LogP contribution >= 0.6 is 28.1 Å². The van der Waals surface area contributed by atoms with Crippen molar-refractivity contribution < 1.29 is 17.9 Å². The van der Waals surface area contributed by atoms with Gasteiger partial charge in [0.05, 0.1) is 10.2 Å². The summed E-state index contributed by atoms with van der Waals surface area (Å²) in [7, 11) is 0. The second-order valence-corrected chi connectivity index (χ2v) is 3.84. The fourth-order valence-electron chi connectivity index (χ4n) is 0.968. The molecule has 0 bridgehead atoms. The molecular weight excluding hydrogens is 309 g/mol. The number of rotatable bonds is 3. The van der Waals surface area contributed by atoms with Crippen LogP contribution in [0.25, 0.3) is 0 Å². The zero-order valence-corrected chi connectivity index (χ0v) is 10.0. The van der Waals surface area contributed by atoms with Crippen molar-refractivity contribution in [3.05, 3.63) is 22.4 Å². The Morgan fingerprint density at radius 2 is 2.12 bits per heavy atom. The first-order chi connectivity index (χ1) is 7.41. The van der Waals surface area contributed by atoms with Gasteiger partial charge in [0, 0.05) is 0 Å². The maximum absolute atomic E-state index is 13.1. The Hall–Kier alpha value is -1.02. The molecule has 0 heterocycles. The van der Waals surface area contributed by atoms with E-state index < -0.39 is 12.4 Å². The van der Waals surface area contributed by atoms with Gasteiger partial charge in [0.15, 0.2) is 10.9 Å². The fraction of sp³-hybridized carbons (Fsp3) is 0.125. The normalized spacial score (nSPS) is 10.3. The number of thiocarbonyl (C=S) groups is 1. The largest absolute Gasteiger partial charge is 0.431 e. The Balaban J connectivity index is 3.15. The van der Waals surface area contributed by atoms with E-state index in [9.17, 15) is 13.2 Å². The first kappa shape index (κ1) is 13.0. The number of ether oxygens (including phenoxy) is 1. The van der Waals surface area contributed by atoms with Gasteiger partial charge in [-0.1, -0.05) is 0 Å². The average molecular weight is 315 g/mol. The number of anilines is 1. The van der Waals surface area contributed by atoms with E-state index in [-0.39, 0.29) is 21.0 Å². The molecule has 0 aromatic heterocycles. The van der Waals surface area contributed by atoms with Crippen molar-refractivity contribution in [2.45, 2.75) is 6.61 Å². The molecule has 0 aliphatic carbocycles. The minimum Gasteiger partial charge on any atom is -0.431 e. The molecule has 0 radical (unpaired) electrons. The highest BCUT2D eigenvalue weighted by atomic mass is 79.9. The van der Waals surface area contributed by atoms with Crippen LogP contribution in [0.3, 0.4) is 0 Å². The van der Waals surface area contributed by atoms with E-state index in [0.717, 1.165) is 6.07 Å². The Bertz CT molecular complexity index is 417. The minimum absolute atomic E-state index is 0.0566. The van der Waals surface area contributed by atoms with Gasteiger partial charge in [-0.05, 0) is 40.3 Å². The summed E-state index contributed by atoms with van der Waals surface area (Å²) in [6, 6.07) is 2.25. The molecule has 3 N–H and O–H groups in total. The summed E-state index contributed by atoms with van der Waals surface area (Å²) in [5.41, 5.74) is 5.24. The molecule has 0 amide bonds. The van der Waals surface area contributed by atoms with E-state index in [1.807, 2.05) is 0 Å². The van der Waals surface area contributed by atoms with Crippen LogP contribution in [-0.4, -0.2) is 11.7 Å². The molecule has 0 saturated carbocycles. The lowest BCUT2D eigenvalue weighted by molar-refractivity contribution is -0.0500. The van der Waals surface area contributed by atoms with Crippen molar-refractivity contribution >= 4 is 38.9 Å². The van der Waals surface area contributed by atoms with Crippen molar-refractivity contribution in [1.29, 1.82) is 0 Å². The molecule has 16 heavy (non-hydrogen) atoms. The van der Waals surface area contributed by atoms with Gasteiger partial charge in [-0.2, -0.15) is 8.78 Å². The number of hydrogen-bond donors (Lipinski definition) is 2. The van der Waals surface area contributed by atoms with Gasteiger partial charge in [0.25, 0.3) is 0 Å². The molecule has 0 aliphatic rings. The third kappa shape index (κ3) is 3.24. The predicted octanol–water partition coefficient (Wildman–Crippen LogP) is 2.85. The van der Waals surface area contributed by atoms with Gasteiger partial charge in [-0.15, -0.1) is 0 Å². The minimum atomic E-state index is -3.08. The molecule has 0 unspecified atom stereocenters. The zero-order valence-electron chi connectivity index (χ0n) is 7.64. The van der Waals surface area contributed by atoms with E-state index in [4.69, 9.17) is 5.73 Å². The highest BCUT2D eigenvalue weighted by Crippen LogP contribution is 2.36.